The molecule has 2 aliphatic rings. The first-order chi connectivity index (χ1) is 10.7. The SMILES string of the molecule is C[C@@H]1CC[C@H](NCCCc2nnc3n2CCCCC3)C[C@@H]1C. The Morgan fingerprint density at radius 3 is 2.86 bits per heavy atom. The van der Waals surface area contributed by atoms with Gasteiger partial charge in [-0.3, -0.25) is 0 Å². The van der Waals surface area contributed by atoms with Crippen molar-refractivity contribution in [3.8, 4) is 0 Å². The van der Waals surface area contributed by atoms with Crippen LogP contribution in [0.5, 0.6) is 0 Å². The normalized spacial score (nSPS) is 29.1. The molecule has 4 nitrogen and oxygen atoms in total. The van der Waals surface area contributed by atoms with Crippen LogP contribution in [0.2, 0.25) is 0 Å². The number of nitrogens with zero attached hydrogens (tertiary/aromatic N) is 3. The van der Waals surface area contributed by atoms with Gasteiger partial charge in [-0.15, -0.1) is 10.2 Å². The molecule has 1 aromatic rings. The van der Waals surface area contributed by atoms with E-state index in [1.165, 1.54) is 56.6 Å². The maximum absolute atomic E-state index is 4.43. The van der Waals surface area contributed by atoms with Gasteiger partial charge in [0.15, 0.2) is 0 Å². The molecule has 1 aliphatic heterocycles. The maximum atomic E-state index is 4.43. The maximum Gasteiger partial charge on any atom is 0.133 e. The summed E-state index contributed by atoms with van der Waals surface area (Å²) < 4.78 is 2.39. The molecule has 1 fully saturated rings. The van der Waals surface area contributed by atoms with Crippen LogP contribution in [0.25, 0.3) is 0 Å². The quantitative estimate of drug-likeness (QED) is 0.848. The predicted molar refractivity (Wildman–Crippen MR) is 89.9 cm³/mol. The topological polar surface area (TPSA) is 42.7 Å². The van der Waals surface area contributed by atoms with Crippen LogP contribution in [0.3, 0.4) is 0 Å². The number of aryl methyl sites for hydroxylation is 2. The molecule has 0 saturated heterocycles. The van der Waals surface area contributed by atoms with Crippen LogP contribution in [-0.2, 0) is 19.4 Å². The zero-order valence-corrected chi connectivity index (χ0v) is 14.4. The molecule has 2 heterocycles. The molecule has 0 unspecified atom stereocenters. The van der Waals surface area contributed by atoms with E-state index in [0.29, 0.717) is 0 Å². The van der Waals surface area contributed by atoms with Crippen LogP contribution in [-0.4, -0.2) is 27.4 Å². The van der Waals surface area contributed by atoms with Gasteiger partial charge in [-0.2, -0.15) is 0 Å². The average Bonchev–Trinajstić information content (AvgIpc) is 2.74. The lowest BCUT2D eigenvalue weighted by atomic mass is 9.79. The predicted octanol–water partition coefficient (Wildman–Crippen LogP) is 3.35. The second-order valence-electron chi connectivity index (χ2n) is 7.52. The summed E-state index contributed by atoms with van der Waals surface area (Å²) in [6.45, 7) is 7.05. The number of hydrogen-bond acceptors (Lipinski definition) is 3. The van der Waals surface area contributed by atoms with Crippen molar-refractivity contribution in [1.29, 1.82) is 0 Å². The third-order valence-electron chi connectivity index (χ3n) is 5.79. The Hall–Kier alpha value is -0.900. The lowest BCUT2D eigenvalue weighted by molar-refractivity contribution is 0.226. The molecule has 3 rings (SSSR count). The zero-order valence-electron chi connectivity index (χ0n) is 14.4. The number of fused-ring (bicyclic) bond motifs is 1. The van der Waals surface area contributed by atoms with E-state index in [0.717, 1.165) is 43.8 Å². The van der Waals surface area contributed by atoms with Crippen molar-refractivity contribution in [2.24, 2.45) is 11.8 Å². The van der Waals surface area contributed by atoms with Gasteiger partial charge in [0.25, 0.3) is 0 Å². The van der Waals surface area contributed by atoms with Crippen molar-refractivity contribution >= 4 is 0 Å². The standard InChI is InChI=1S/C18H32N4/c1-14-9-10-16(13-15(14)2)19-11-6-8-18-21-20-17-7-4-3-5-12-22(17)18/h14-16,19H,3-13H2,1-2H3/t14-,15+,16+/m1/s1. The van der Waals surface area contributed by atoms with Crippen LogP contribution >= 0.6 is 0 Å². The summed E-state index contributed by atoms with van der Waals surface area (Å²) in [7, 11) is 0. The Labute approximate surface area is 135 Å². The van der Waals surface area contributed by atoms with Crippen LogP contribution < -0.4 is 5.32 Å². The van der Waals surface area contributed by atoms with Crippen LogP contribution in [0.1, 0.15) is 70.4 Å². The first-order valence-electron chi connectivity index (χ1n) is 9.38. The van der Waals surface area contributed by atoms with Gasteiger partial charge in [0.1, 0.15) is 11.6 Å². The van der Waals surface area contributed by atoms with Gasteiger partial charge in [-0.1, -0.05) is 20.3 Å². The molecule has 1 N–H and O–H groups in total. The molecule has 0 aromatic carbocycles. The van der Waals surface area contributed by atoms with Gasteiger partial charge in [-0.05, 0) is 56.9 Å². The molecule has 124 valence electrons. The molecule has 22 heavy (non-hydrogen) atoms. The lowest BCUT2D eigenvalue weighted by Gasteiger charge is -2.32. The van der Waals surface area contributed by atoms with Crippen LogP contribution in [0.4, 0.5) is 0 Å². The van der Waals surface area contributed by atoms with E-state index < -0.39 is 0 Å². The first kappa shape index (κ1) is 16.0. The van der Waals surface area contributed by atoms with Crippen molar-refractivity contribution in [2.75, 3.05) is 6.54 Å². The molecule has 4 heteroatoms. The number of rotatable bonds is 5. The highest BCUT2D eigenvalue weighted by Crippen LogP contribution is 2.29. The van der Waals surface area contributed by atoms with Crippen molar-refractivity contribution < 1.29 is 0 Å². The number of hydrogen-bond donors (Lipinski definition) is 1. The smallest absolute Gasteiger partial charge is 0.133 e. The number of aromatic nitrogens is 3. The zero-order chi connectivity index (χ0) is 15.4. The fourth-order valence-corrected chi connectivity index (χ4v) is 4.02. The summed E-state index contributed by atoms with van der Waals surface area (Å²) in [5, 5.41) is 12.6. The summed E-state index contributed by atoms with van der Waals surface area (Å²) in [4.78, 5) is 0. The van der Waals surface area contributed by atoms with E-state index in [9.17, 15) is 0 Å². The van der Waals surface area contributed by atoms with E-state index in [4.69, 9.17) is 0 Å². The van der Waals surface area contributed by atoms with E-state index >= 15 is 0 Å². The third kappa shape index (κ3) is 3.89. The largest absolute Gasteiger partial charge is 0.315 e. The van der Waals surface area contributed by atoms with Gasteiger partial charge in [0.05, 0.1) is 0 Å². The molecular weight excluding hydrogens is 272 g/mol. The Kier molecular flexibility index (Phi) is 5.51. The monoisotopic (exact) mass is 304 g/mol. The molecule has 0 spiro atoms. The van der Waals surface area contributed by atoms with Crippen molar-refractivity contribution in [3.05, 3.63) is 11.6 Å². The lowest BCUT2D eigenvalue weighted by Crippen LogP contribution is -2.36. The van der Waals surface area contributed by atoms with Gasteiger partial charge >= 0.3 is 0 Å². The Balaban J connectivity index is 1.41. The summed E-state index contributed by atoms with van der Waals surface area (Å²) in [5.41, 5.74) is 0. The Bertz CT molecular complexity index is 468. The molecule has 0 radical (unpaired) electrons. The summed E-state index contributed by atoms with van der Waals surface area (Å²) in [5.74, 6) is 4.21. The van der Waals surface area contributed by atoms with Gasteiger partial charge < -0.3 is 9.88 Å². The molecule has 1 aliphatic carbocycles. The minimum atomic E-state index is 0.738. The highest BCUT2D eigenvalue weighted by atomic mass is 15.3. The van der Waals surface area contributed by atoms with E-state index in [2.05, 4.69) is 33.9 Å². The van der Waals surface area contributed by atoms with Gasteiger partial charge in [0.2, 0.25) is 0 Å². The summed E-state index contributed by atoms with van der Waals surface area (Å²) in [6.07, 6.45) is 11.3. The second-order valence-corrected chi connectivity index (χ2v) is 7.52. The Morgan fingerprint density at radius 1 is 1.09 bits per heavy atom. The van der Waals surface area contributed by atoms with Crippen molar-refractivity contribution in [1.82, 2.24) is 20.1 Å². The van der Waals surface area contributed by atoms with Crippen LogP contribution in [0, 0.1) is 11.8 Å². The highest BCUT2D eigenvalue weighted by Gasteiger charge is 2.23. The molecule has 0 bridgehead atoms. The number of nitrogens with one attached hydrogen (secondary N) is 1. The van der Waals surface area contributed by atoms with E-state index in [-0.39, 0.29) is 0 Å². The van der Waals surface area contributed by atoms with E-state index in [1.807, 2.05) is 0 Å². The molecule has 0 amide bonds. The molecule has 3 atom stereocenters. The third-order valence-corrected chi connectivity index (χ3v) is 5.79. The summed E-state index contributed by atoms with van der Waals surface area (Å²) in [6, 6.07) is 0.738. The Morgan fingerprint density at radius 2 is 2.00 bits per heavy atom. The first-order valence-corrected chi connectivity index (χ1v) is 9.38. The van der Waals surface area contributed by atoms with Crippen LogP contribution in [0.15, 0.2) is 0 Å². The minimum absolute atomic E-state index is 0.738. The average molecular weight is 304 g/mol. The van der Waals surface area contributed by atoms with Gasteiger partial charge in [-0.25, -0.2) is 0 Å². The van der Waals surface area contributed by atoms with Crippen molar-refractivity contribution in [3.63, 3.8) is 0 Å². The van der Waals surface area contributed by atoms with E-state index in [1.54, 1.807) is 0 Å². The molecule has 1 saturated carbocycles. The highest BCUT2D eigenvalue weighted by molar-refractivity contribution is 4.98. The second kappa shape index (κ2) is 7.58. The van der Waals surface area contributed by atoms with Crippen molar-refractivity contribution in [2.45, 2.75) is 84.2 Å². The molecular formula is C18H32N4. The summed E-state index contributed by atoms with van der Waals surface area (Å²) >= 11 is 0. The fraction of sp³-hybridized carbons (Fsp3) is 0.889. The minimum Gasteiger partial charge on any atom is -0.315 e. The molecule has 1 aromatic heterocycles. The van der Waals surface area contributed by atoms with Gasteiger partial charge in [0, 0.05) is 25.4 Å². The fourth-order valence-electron chi connectivity index (χ4n) is 4.02.